The number of allylic oxidation sites excluding steroid dienone is 1. The van der Waals surface area contributed by atoms with Crippen molar-refractivity contribution in [3.05, 3.63) is 76.0 Å². The summed E-state index contributed by atoms with van der Waals surface area (Å²) in [7, 11) is 0. The fraction of sp³-hybridized carbons (Fsp3) is 0.0500. The third-order valence-corrected chi connectivity index (χ3v) is 4.72. The quantitative estimate of drug-likeness (QED) is 0.415. The summed E-state index contributed by atoms with van der Waals surface area (Å²) in [6, 6.07) is 13.9. The molecule has 0 bridgehead atoms. The Balaban J connectivity index is 1.53. The molecule has 0 spiro atoms. The van der Waals surface area contributed by atoms with E-state index >= 15 is 0 Å². The van der Waals surface area contributed by atoms with E-state index in [0.717, 1.165) is 0 Å². The standard InChI is InChI=1S/C20H12Cl2O4/c21-15-3-1-2-14(20(15)22)17-9-6-13(26-17)5-7-16(23)12-4-8-18-19(10-12)25-11-24-18/h1-10H,11H2/b7-5+. The van der Waals surface area contributed by atoms with Gasteiger partial charge in [-0.05, 0) is 54.6 Å². The van der Waals surface area contributed by atoms with Gasteiger partial charge < -0.3 is 13.9 Å². The number of carbonyl (C=O) groups is 1. The number of hydrogen-bond acceptors (Lipinski definition) is 4. The smallest absolute Gasteiger partial charge is 0.231 e. The first kappa shape index (κ1) is 16.8. The molecular weight excluding hydrogens is 375 g/mol. The lowest BCUT2D eigenvalue weighted by Crippen LogP contribution is -1.94. The lowest BCUT2D eigenvalue weighted by molar-refractivity contribution is 0.104. The van der Waals surface area contributed by atoms with Crippen molar-refractivity contribution >= 4 is 35.1 Å². The number of hydrogen-bond donors (Lipinski definition) is 0. The molecular formula is C20H12Cl2O4. The van der Waals surface area contributed by atoms with Crippen molar-refractivity contribution in [3.63, 3.8) is 0 Å². The average Bonchev–Trinajstić information content (AvgIpc) is 3.30. The Kier molecular flexibility index (Phi) is 4.45. The first-order valence-electron chi connectivity index (χ1n) is 7.78. The van der Waals surface area contributed by atoms with Gasteiger partial charge in [-0.15, -0.1) is 0 Å². The molecule has 0 fully saturated rings. The monoisotopic (exact) mass is 386 g/mol. The van der Waals surface area contributed by atoms with Crippen LogP contribution in [0.3, 0.4) is 0 Å². The SMILES string of the molecule is O=C(/C=C/c1ccc(-c2cccc(Cl)c2Cl)o1)c1ccc2c(c1)OCO2. The summed E-state index contributed by atoms with van der Waals surface area (Å²) in [5.41, 5.74) is 1.20. The summed E-state index contributed by atoms with van der Waals surface area (Å²) in [6.07, 6.45) is 3.05. The summed E-state index contributed by atoms with van der Waals surface area (Å²) in [5, 5.41) is 0.881. The number of carbonyl (C=O) groups excluding carboxylic acids is 1. The summed E-state index contributed by atoms with van der Waals surface area (Å²) < 4.78 is 16.3. The topological polar surface area (TPSA) is 48.7 Å². The van der Waals surface area contributed by atoms with Crippen molar-refractivity contribution in [3.8, 4) is 22.8 Å². The number of furan rings is 1. The van der Waals surface area contributed by atoms with E-state index in [0.29, 0.717) is 44.2 Å². The van der Waals surface area contributed by atoms with Crippen LogP contribution in [0.1, 0.15) is 16.1 Å². The number of ketones is 1. The van der Waals surface area contributed by atoms with Crippen molar-refractivity contribution in [2.75, 3.05) is 6.79 Å². The fourth-order valence-electron chi connectivity index (χ4n) is 2.59. The van der Waals surface area contributed by atoms with Crippen LogP contribution in [0.5, 0.6) is 11.5 Å². The van der Waals surface area contributed by atoms with Gasteiger partial charge in [-0.1, -0.05) is 29.3 Å². The maximum Gasteiger partial charge on any atom is 0.231 e. The van der Waals surface area contributed by atoms with E-state index in [1.807, 2.05) is 6.07 Å². The van der Waals surface area contributed by atoms with Gasteiger partial charge in [-0.25, -0.2) is 0 Å². The summed E-state index contributed by atoms with van der Waals surface area (Å²) in [5.74, 6) is 2.15. The maximum absolute atomic E-state index is 12.3. The van der Waals surface area contributed by atoms with Gasteiger partial charge in [0.1, 0.15) is 11.5 Å². The van der Waals surface area contributed by atoms with Crippen LogP contribution >= 0.6 is 23.2 Å². The molecule has 2 aromatic carbocycles. The van der Waals surface area contributed by atoms with Crippen LogP contribution in [0, 0.1) is 0 Å². The zero-order valence-electron chi connectivity index (χ0n) is 13.4. The predicted molar refractivity (Wildman–Crippen MR) is 100 cm³/mol. The van der Waals surface area contributed by atoms with Gasteiger partial charge in [0, 0.05) is 11.1 Å². The third kappa shape index (κ3) is 3.21. The summed E-state index contributed by atoms with van der Waals surface area (Å²) >= 11 is 12.2. The Morgan fingerprint density at radius 2 is 1.85 bits per heavy atom. The molecule has 1 aliphatic rings. The zero-order chi connectivity index (χ0) is 18.1. The molecule has 4 rings (SSSR count). The minimum Gasteiger partial charge on any atom is -0.457 e. The van der Waals surface area contributed by atoms with Crippen LogP contribution in [0.25, 0.3) is 17.4 Å². The Bertz CT molecular complexity index is 1020. The molecule has 4 nitrogen and oxygen atoms in total. The summed E-state index contributed by atoms with van der Waals surface area (Å²) in [6.45, 7) is 0.171. The van der Waals surface area contributed by atoms with E-state index in [2.05, 4.69) is 0 Å². The minimum atomic E-state index is -0.165. The normalized spacial score (nSPS) is 12.7. The second kappa shape index (κ2) is 6.90. The minimum absolute atomic E-state index is 0.165. The van der Waals surface area contributed by atoms with Crippen LogP contribution in [0.15, 0.2) is 59.0 Å². The maximum atomic E-state index is 12.3. The van der Waals surface area contributed by atoms with Gasteiger partial charge in [0.2, 0.25) is 6.79 Å². The van der Waals surface area contributed by atoms with Gasteiger partial charge in [0.25, 0.3) is 0 Å². The molecule has 1 aliphatic heterocycles. The van der Waals surface area contributed by atoms with E-state index in [4.69, 9.17) is 37.1 Å². The molecule has 0 aliphatic carbocycles. The first-order chi connectivity index (χ1) is 12.6. The fourth-order valence-corrected chi connectivity index (χ4v) is 2.98. The number of ether oxygens (including phenoxy) is 2. The van der Waals surface area contributed by atoms with Crippen molar-refractivity contribution < 1.29 is 18.7 Å². The molecule has 0 atom stereocenters. The van der Waals surface area contributed by atoms with E-state index in [1.54, 1.807) is 48.5 Å². The number of fused-ring (bicyclic) bond motifs is 1. The van der Waals surface area contributed by atoms with Crippen LogP contribution in [-0.2, 0) is 0 Å². The van der Waals surface area contributed by atoms with E-state index in [1.165, 1.54) is 6.08 Å². The van der Waals surface area contributed by atoms with Gasteiger partial charge in [-0.2, -0.15) is 0 Å². The number of benzene rings is 2. The van der Waals surface area contributed by atoms with E-state index < -0.39 is 0 Å². The Hall–Kier alpha value is -2.69. The highest BCUT2D eigenvalue weighted by Gasteiger charge is 2.15. The molecule has 1 aromatic heterocycles. The predicted octanol–water partition coefficient (Wildman–Crippen LogP) is 5.88. The van der Waals surface area contributed by atoms with Crippen molar-refractivity contribution in [2.45, 2.75) is 0 Å². The Morgan fingerprint density at radius 1 is 1.00 bits per heavy atom. The van der Waals surface area contributed by atoms with Crippen LogP contribution in [0.2, 0.25) is 10.0 Å². The third-order valence-electron chi connectivity index (χ3n) is 3.90. The Labute approximate surface area is 159 Å². The highest BCUT2D eigenvalue weighted by Crippen LogP contribution is 2.35. The molecule has 3 aromatic rings. The largest absolute Gasteiger partial charge is 0.457 e. The Morgan fingerprint density at radius 3 is 2.73 bits per heavy atom. The van der Waals surface area contributed by atoms with Crippen molar-refractivity contribution in [2.24, 2.45) is 0 Å². The highest BCUT2D eigenvalue weighted by molar-refractivity contribution is 6.43. The second-order valence-corrected chi connectivity index (χ2v) is 6.35. The van der Waals surface area contributed by atoms with Gasteiger partial charge in [0.05, 0.1) is 10.0 Å². The van der Waals surface area contributed by atoms with Crippen LogP contribution < -0.4 is 9.47 Å². The molecule has 0 saturated carbocycles. The van der Waals surface area contributed by atoms with Gasteiger partial charge in [0.15, 0.2) is 17.3 Å². The first-order valence-corrected chi connectivity index (χ1v) is 8.54. The van der Waals surface area contributed by atoms with Gasteiger partial charge >= 0.3 is 0 Å². The van der Waals surface area contributed by atoms with E-state index in [9.17, 15) is 4.79 Å². The van der Waals surface area contributed by atoms with Crippen molar-refractivity contribution in [1.29, 1.82) is 0 Å². The molecule has 26 heavy (non-hydrogen) atoms. The lowest BCUT2D eigenvalue weighted by Gasteiger charge is -2.01. The highest BCUT2D eigenvalue weighted by atomic mass is 35.5. The van der Waals surface area contributed by atoms with Crippen molar-refractivity contribution in [1.82, 2.24) is 0 Å². The van der Waals surface area contributed by atoms with Crippen LogP contribution in [-0.4, -0.2) is 12.6 Å². The molecule has 0 saturated heterocycles. The summed E-state index contributed by atoms with van der Waals surface area (Å²) in [4.78, 5) is 12.3. The van der Waals surface area contributed by atoms with Gasteiger partial charge in [-0.3, -0.25) is 4.79 Å². The molecule has 0 radical (unpaired) electrons. The molecule has 2 heterocycles. The molecule has 0 unspecified atom stereocenters. The lowest BCUT2D eigenvalue weighted by atomic mass is 10.1. The molecule has 6 heteroatoms. The molecule has 130 valence electrons. The zero-order valence-corrected chi connectivity index (χ0v) is 14.9. The number of rotatable bonds is 4. The molecule has 0 amide bonds. The molecule has 0 N–H and O–H groups in total. The second-order valence-electron chi connectivity index (χ2n) is 5.57. The average molecular weight is 387 g/mol. The number of halogens is 2. The van der Waals surface area contributed by atoms with E-state index in [-0.39, 0.29) is 12.6 Å². The van der Waals surface area contributed by atoms with Crippen LogP contribution in [0.4, 0.5) is 0 Å².